The van der Waals surface area contributed by atoms with Crippen molar-refractivity contribution < 1.29 is 33.2 Å². The van der Waals surface area contributed by atoms with E-state index in [0.717, 1.165) is 35.5 Å². The molecule has 6 nitrogen and oxygen atoms in total. The second kappa shape index (κ2) is 9.64. The first-order chi connectivity index (χ1) is 19.4. The lowest BCUT2D eigenvalue weighted by atomic mass is 9.74. The Morgan fingerprint density at radius 3 is 2.48 bits per heavy atom. The summed E-state index contributed by atoms with van der Waals surface area (Å²) < 4.78 is 46.3. The summed E-state index contributed by atoms with van der Waals surface area (Å²) in [6.45, 7) is 5.78. The van der Waals surface area contributed by atoms with Crippen LogP contribution in [0.15, 0.2) is 72.8 Å². The predicted molar refractivity (Wildman–Crippen MR) is 145 cm³/mol. The molecule has 1 saturated carbocycles. The van der Waals surface area contributed by atoms with Gasteiger partial charge in [-0.05, 0) is 46.9 Å². The first-order valence-electron chi connectivity index (χ1n) is 14.2. The molecular formula is C33H35FO6. The van der Waals surface area contributed by atoms with Crippen molar-refractivity contribution in [1.82, 2.24) is 0 Å². The van der Waals surface area contributed by atoms with Gasteiger partial charge < -0.3 is 28.8 Å². The molecular weight excluding hydrogens is 511 g/mol. The van der Waals surface area contributed by atoms with Crippen molar-refractivity contribution in [2.45, 2.75) is 62.5 Å². The van der Waals surface area contributed by atoms with Crippen molar-refractivity contribution in [2.75, 3.05) is 19.8 Å². The Labute approximate surface area is 234 Å². The fraction of sp³-hybridized carbons (Fsp3) is 0.455. The molecule has 0 amide bonds. The summed E-state index contributed by atoms with van der Waals surface area (Å²) in [7, 11) is 0. The number of halogens is 1. The van der Waals surface area contributed by atoms with E-state index in [2.05, 4.69) is 13.8 Å². The maximum absolute atomic E-state index is 15.1. The topological polar surface area (TPSA) is 66.4 Å². The van der Waals surface area contributed by atoms with E-state index in [1.807, 2.05) is 60.7 Å². The quantitative estimate of drug-likeness (QED) is 0.401. The largest absolute Gasteiger partial charge is 0.488 e. The fourth-order valence-corrected chi connectivity index (χ4v) is 7.14. The number of aliphatic hydroxyl groups is 1. The van der Waals surface area contributed by atoms with E-state index >= 15 is 4.39 Å². The molecule has 4 aliphatic heterocycles. The number of hydrogen-bond acceptors (Lipinski definition) is 6. The number of benzene rings is 3. The van der Waals surface area contributed by atoms with Gasteiger partial charge in [-0.15, -0.1) is 0 Å². The molecule has 4 bridgehead atoms. The van der Waals surface area contributed by atoms with Gasteiger partial charge in [0, 0.05) is 24.3 Å². The molecule has 1 aliphatic carbocycles. The lowest BCUT2D eigenvalue weighted by Crippen LogP contribution is -2.58. The van der Waals surface area contributed by atoms with Crippen LogP contribution in [0.1, 0.15) is 42.5 Å². The number of fused-ring (bicyclic) bond motifs is 1. The standard InChI is InChI=1S/C33H35FO6/c1-21-22(2)33(39-30-31(20-35,40-33)32(21,30)37-18-24-6-4-3-5-7-24)26-10-13-29(34)25(17-26)16-23-8-11-27(12-9-23)38-28-14-15-36-19-28/h3-13,17,21-22,28,30,35H,14-16,18-20H2,1-2H3. The molecule has 3 aromatic rings. The number of ether oxygens (including phenoxy) is 5. The van der Waals surface area contributed by atoms with Crippen LogP contribution in [0.5, 0.6) is 5.75 Å². The zero-order valence-corrected chi connectivity index (χ0v) is 22.8. The Balaban J connectivity index is 1.12. The molecule has 8 rings (SSSR count). The Morgan fingerprint density at radius 2 is 1.77 bits per heavy atom. The lowest BCUT2D eigenvalue weighted by Gasteiger charge is -2.51. The van der Waals surface area contributed by atoms with Crippen molar-refractivity contribution in [3.8, 4) is 5.75 Å². The minimum atomic E-state index is -1.08. The molecule has 40 heavy (non-hydrogen) atoms. The Morgan fingerprint density at radius 1 is 0.975 bits per heavy atom. The SMILES string of the molecule is CC1C(C)C2(OCc3ccccc3)C3OC1(c1ccc(F)c(Cc4ccc(OC5CCOC5)cc4)c1)OC32CO. The first kappa shape index (κ1) is 26.1. The minimum absolute atomic E-state index is 0.0437. The van der Waals surface area contributed by atoms with Crippen LogP contribution in [-0.4, -0.2) is 48.3 Å². The second-order valence-electron chi connectivity index (χ2n) is 11.7. The van der Waals surface area contributed by atoms with Gasteiger partial charge in [-0.2, -0.15) is 0 Å². The molecule has 7 heteroatoms. The third-order valence-corrected chi connectivity index (χ3v) is 9.56. The van der Waals surface area contributed by atoms with Crippen molar-refractivity contribution in [2.24, 2.45) is 11.8 Å². The summed E-state index contributed by atoms with van der Waals surface area (Å²) in [5.41, 5.74) is 1.69. The van der Waals surface area contributed by atoms with Crippen LogP contribution in [0.3, 0.4) is 0 Å². The summed E-state index contributed by atoms with van der Waals surface area (Å²) in [5.74, 6) is -0.607. The van der Waals surface area contributed by atoms with Crippen molar-refractivity contribution in [3.63, 3.8) is 0 Å². The van der Waals surface area contributed by atoms with Crippen LogP contribution in [-0.2, 0) is 37.8 Å². The van der Waals surface area contributed by atoms with E-state index in [4.69, 9.17) is 23.7 Å². The van der Waals surface area contributed by atoms with Gasteiger partial charge in [0.05, 0.1) is 26.4 Å². The third kappa shape index (κ3) is 3.79. The van der Waals surface area contributed by atoms with E-state index in [9.17, 15) is 5.11 Å². The molecule has 4 heterocycles. The van der Waals surface area contributed by atoms with Crippen LogP contribution in [0, 0.1) is 17.7 Å². The zero-order chi connectivity index (χ0) is 27.5. The van der Waals surface area contributed by atoms with Crippen molar-refractivity contribution in [3.05, 3.63) is 101 Å². The fourth-order valence-electron chi connectivity index (χ4n) is 7.14. The van der Waals surface area contributed by atoms with E-state index in [1.54, 1.807) is 6.07 Å². The van der Waals surface area contributed by atoms with Crippen molar-refractivity contribution >= 4 is 0 Å². The van der Waals surface area contributed by atoms with Gasteiger partial charge in [0.15, 0.2) is 11.4 Å². The minimum Gasteiger partial charge on any atom is -0.488 e. The molecule has 0 aromatic heterocycles. The highest BCUT2D eigenvalue weighted by atomic mass is 19.1. The van der Waals surface area contributed by atoms with Gasteiger partial charge in [0.1, 0.15) is 29.4 Å². The van der Waals surface area contributed by atoms with Gasteiger partial charge in [0.25, 0.3) is 0 Å². The molecule has 1 N–H and O–H groups in total. The monoisotopic (exact) mass is 546 g/mol. The Kier molecular flexibility index (Phi) is 6.29. The van der Waals surface area contributed by atoms with Crippen LogP contribution >= 0.6 is 0 Å². The molecule has 7 atom stereocenters. The van der Waals surface area contributed by atoms with Crippen LogP contribution in [0.25, 0.3) is 0 Å². The molecule has 0 radical (unpaired) electrons. The smallest absolute Gasteiger partial charge is 0.199 e. The summed E-state index contributed by atoms with van der Waals surface area (Å²) in [4.78, 5) is 0. The van der Waals surface area contributed by atoms with Gasteiger partial charge in [-0.3, -0.25) is 0 Å². The number of aliphatic hydroxyl groups excluding tert-OH is 1. The van der Waals surface area contributed by atoms with Crippen LogP contribution in [0.4, 0.5) is 4.39 Å². The molecule has 210 valence electrons. The molecule has 4 saturated heterocycles. The van der Waals surface area contributed by atoms with Crippen molar-refractivity contribution in [1.29, 1.82) is 0 Å². The Hall–Kier alpha value is -2.81. The molecule has 3 aromatic carbocycles. The molecule has 5 aliphatic rings. The van der Waals surface area contributed by atoms with E-state index < -0.39 is 23.1 Å². The normalized spacial score (nSPS) is 35.6. The average Bonchev–Trinajstić information content (AvgIpc) is 3.32. The van der Waals surface area contributed by atoms with Gasteiger partial charge in [0.2, 0.25) is 0 Å². The average molecular weight is 547 g/mol. The number of rotatable bonds is 9. The van der Waals surface area contributed by atoms with E-state index in [0.29, 0.717) is 25.2 Å². The third-order valence-electron chi connectivity index (χ3n) is 9.56. The van der Waals surface area contributed by atoms with Crippen LogP contribution in [0.2, 0.25) is 0 Å². The zero-order valence-electron chi connectivity index (χ0n) is 22.8. The lowest BCUT2D eigenvalue weighted by molar-refractivity contribution is -0.347. The highest BCUT2D eigenvalue weighted by molar-refractivity contribution is 5.44. The van der Waals surface area contributed by atoms with Gasteiger partial charge in [-0.25, -0.2) is 4.39 Å². The molecule has 0 spiro atoms. The maximum atomic E-state index is 15.1. The first-order valence-corrected chi connectivity index (χ1v) is 14.2. The summed E-state index contributed by atoms with van der Waals surface area (Å²) in [6.07, 6.45) is 1.000. The summed E-state index contributed by atoms with van der Waals surface area (Å²) >= 11 is 0. The van der Waals surface area contributed by atoms with Gasteiger partial charge in [-0.1, -0.05) is 62.4 Å². The maximum Gasteiger partial charge on any atom is 0.199 e. The summed E-state index contributed by atoms with van der Waals surface area (Å²) in [6, 6.07) is 22.9. The van der Waals surface area contributed by atoms with Gasteiger partial charge >= 0.3 is 0 Å². The molecule has 7 unspecified atom stereocenters. The number of hydrogen-bond donors (Lipinski definition) is 1. The summed E-state index contributed by atoms with van der Waals surface area (Å²) in [5, 5.41) is 10.6. The van der Waals surface area contributed by atoms with Crippen LogP contribution < -0.4 is 4.74 Å². The Bertz CT molecular complexity index is 1370. The predicted octanol–water partition coefficient (Wildman–Crippen LogP) is 5.14. The molecule has 5 fully saturated rings. The highest BCUT2D eigenvalue weighted by Gasteiger charge is 2.93. The van der Waals surface area contributed by atoms with E-state index in [1.165, 1.54) is 6.07 Å². The second-order valence-corrected chi connectivity index (χ2v) is 11.7. The highest BCUT2D eigenvalue weighted by Crippen LogP contribution is 2.75. The van der Waals surface area contributed by atoms with E-state index in [-0.39, 0.29) is 30.4 Å².